The Labute approximate surface area is 124 Å². The van der Waals surface area contributed by atoms with Crippen LogP contribution >= 0.6 is 0 Å². The van der Waals surface area contributed by atoms with Crippen LogP contribution in [0.2, 0.25) is 0 Å². The highest BCUT2D eigenvalue weighted by atomic mass is 19.1. The quantitative estimate of drug-likeness (QED) is 0.852. The molecule has 4 heteroatoms. The molecule has 0 bridgehead atoms. The smallest absolute Gasteiger partial charge is 0.339 e. The van der Waals surface area contributed by atoms with Crippen LogP contribution in [0.4, 0.5) is 10.1 Å². The molecule has 2 aliphatic rings. The highest BCUT2D eigenvalue weighted by molar-refractivity contribution is 5.95. The van der Waals surface area contributed by atoms with Crippen LogP contribution in [0.5, 0.6) is 0 Å². The van der Waals surface area contributed by atoms with Gasteiger partial charge in [-0.25, -0.2) is 9.18 Å². The average Bonchev–Trinajstić information content (AvgIpc) is 3.32. The zero-order chi connectivity index (χ0) is 14.8. The first-order chi connectivity index (χ1) is 10.2. The number of ether oxygens (including phenoxy) is 1. The molecule has 0 spiro atoms. The molecule has 1 aromatic rings. The van der Waals surface area contributed by atoms with Gasteiger partial charge in [0, 0.05) is 6.04 Å². The summed E-state index contributed by atoms with van der Waals surface area (Å²) in [5.74, 6) is 0.945. The molecule has 3 rings (SSSR count). The van der Waals surface area contributed by atoms with E-state index in [0.717, 1.165) is 24.7 Å². The summed E-state index contributed by atoms with van der Waals surface area (Å²) in [6.45, 7) is 0. The molecular weight excluding hydrogens is 269 g/mol. The normalized spacial score (nSPS) is 25.4. The molecule has 0 saturated heterocycles. The molecule has 2 aliphatic carbocycles. The van der Waals surface area contributed by atoms with Gasteiger partial charge in [0.1, 0.15) is 5.82 Å². The minimum Gasteiger partial charge on any atom is -0.465 e. The highest BCUT2D eigenvalue weighted by Gasteiger charge is 2.34. The molecule has 3 nitrogen and oxygen atoms in total. The number of methoxy groups -OCH3 is 1. The summed E-state index contributed by atoms with van der Waals surface area (Å²) >= 11 is 0. The Morgan fingerprint density at radius 1 is 1.24 bits per heavy atom. The summed E-state index contributed by atoms with van der Waals surface area (Å²) in [7, 11) is 1.35. The molecule has 0 aliphatic heterocycles. The fourth-order valence-electron chi connectivity index (χ4n) is 3.50. The van der Waals surface area contributed by atoms with E-state index in [0.29, 0.717) is 17.3 Å². The van der Waals surface area contributed by atoms with Crippen LogP contribution in [0, 0.1) is 17.7 Å². The lowest BCUT2D eigenvalue weighted by Crippen LogP contribution is -2.29. The van der Waals surface area contributed by atoms with Crippen molar-refractivity contribution in [2.24, 2.45) is 11.8 Å². The van der Waals surface area contributed by atoms with Gasteiger partial charge in [-0.2, -0.15) is 0 Å². The van der Waals surface area contributed by atoms with Crippen LogP contribution in [-0.4, -0.2) is 19.1 Å². The minimum absolute atomic E-state index is 0.328. The van der Waals surface area contributed by atoms with Gasteiger partial charge in [0.25, 0.3) is 0 Å². The second-order valence-corrected chi connectivity index (χ2v) is 6.29. The summed E-state index contributed by atoms with van der Waals surface area (Å²) in [5.41, 5.74) is 0.968. The van der Waals surface area contributed by atoms with Crippen molar-refractivity contribution in [1.29, 1.82) is 0 Å². The maximum absolute atomic E-state index is 13.5. The van der Waals surface area contributed by atoms with E-state index < -0.39 is 5.97 Å². The van der Waals surface area contributed by atoms with Crippen molar-refractivity contribution < 1.29 is 13.9 Å². The van der Waals surface area contributed by atoms with E-state index in [1.54, 1.807) is 0 Å². The van der Waals surface area contributed by atoms with Crippen molar-refractivity contribution in [1.82, 2.24) is 0 Å². The maximum atomic E-state index is 13.5. The Bertz CT molecular complexity index is 528. The minimum atomic E-state index is -0.424. The summed E-state index contributed by atoms with van der Waals surface area (Å²) < 4.78 is 18.3. The van der Waals surface area contributed by atoms with Gasteiger partial charge in [0.15, 0.2) is 0 Å². The topological polar surface area (TPSA) is 38.3 Å². The first-order valence-electron chi connectivity index (χ1n) is 7.82. The number of rotatable bonds is 4. The van der Waals surface area contributed by atoms with E-state index >= 15 is 0 Å². The number of carbonyl (C=O) groups excluding carboxylic acids is 1. The third-order valence-electron chi connectivity index (χ3n) is 4.75. The zero-order valence-corrected chi connectivity index (χ0v) is 12.4. The second-order valence-electron chi connectivity index (χ2n) is 6.29. The SMILES string of the molecule is COC(=O)c1ccc(F)cc1NC1CCCC(C2CC2)C1. The van der Waals surface area contributed by atoms with E-state index in [9.17, 15) is 9.18 Å². The predicted octanol–water partition coefficient (Wildman–Crippen LogP) is 3.99. The van der Waals surface area contributed by atoms with Crippen LogP contribution in [0.3, 0.4) is 0 Å². The summed E-state index contributed by atoms with van der Waals surface area (Å²) in [6, 6.07) is 4.51. The van der Waals surface area contributed by atoms with Crippen LogP contribution in [-0.2, 0) is 4.74 Å². The van der Waals surface area contributed by atoms with Gasteiger partial charge in [-0.3, -0.25) is 0 Å². The van der Waals surface area contributed by atoms with Crippen molar-refractivity contribution in [3.8, 4) is 0 Å². The van der Waals surface area contributed by atoms with Gasteiger partial charge in [0.2, 0.25) is 0 Å². The molecule has 0 radical (unpaired) electrons. The molecule has 0 amide bonds. The standard InChI is InChI=1S/C17H22FNO2/c1-21-17(20)15-8-7-13(18)10-16(15)19-14-4-2-3-12(9-14)11-5-6-11/h7-8,10-12,14,19H,2-6,9H2,1H3. The molecule has 1 N–H and O–H groups in total. The maximum Gasteiger partial charge on any atom is 0.339 e. The Morgan fingerprint density at radius 3 is 2.76 bits per heavy atom. The van der Waals surface area contributed by atoms with E-state index in [4.69, 9.17) is 4.74 Å². The van der Waals surface area contributed by atoms with E-state index in [1.807, 2.05) is 0 Å². The summed E-state index contributed by atoms with van der Waals surface area (Å²) in [4.78, 5) is 11.8. The van der Waals surface area contributed by atoms with Gasteiger partial charge in [-0.1, -0.05) is 12.8 Å². The first kappa shape index (κ1) is 14.4. The van der Waals surface area contributed by atoms with E-state index in [-0.39, 0.29) is 5.82 Å². The van der Waals surface area contributed by atoms with Crippen LogP contribution in [0.25, 0.3) is 0 Å². The zero-order valence-electron chi connectivity index (χ0n) is 12.4. The lowest BCUT2D eigenvalue weighted by Gasteiger charge is -2.31. The Morgan fingerprint density at radius 2 is 2.05 bits per heavy atom. The number of hydrogen-bond acceptors (Lipinski definition) is 3. The molecule has 2 unspecified atom stereocenters. The Balaban J connectivity index is 1.73. The van der Waals surface area contributed by atoms with Crippen molar-refractivity contribution in [2.45, 2.75) is 44.6 Å². The number of halogens is 1. The second kappa shape index (κ2) is 6.04. The molecule has 0 aromatic heterocycles. The number of carbonyl (C=O) groups is 1. The molecule has 2 atom stereocenters. The summed E-state index contributed by atoms with van der Waals surface area (Å²) in [5, 5.41) is 3.38. The molecule has 1 aromatic carbocycles. The first-order valence-corrected chi connectivity index (χ1v) is 7.82. The molecule has 21 heavy (non-hydrogen) atoms. The fourth-order valence-corrected chi connectivity index (χ4v) is 3.50. The number of hydrogen-bond donors (Lipinski definition) is 1. The molecule has 0 heterocycles. The predicted molar refractivity (Wildman–Crippen MR) is 79.8 cm³/mol. The lowest BCUT2D eigenvalue weighted by molar-refractivity contribution is 0.0601. The number of esters is 1. The monoisotopic (exact) mass is 291 g/mol. The largest absolute Gasteiger partial charge is 0.465 e. The van der Waals surface area contributed by atoms with Crippen LogP contribution in [0.1, 0.15) is 48.9 Å². The Kier molecular flexibility index (Phi) is 4.13. The highest BCUT2D eigenvalue weighted by Crippen LogP contribution is 2.44. The fraction of sp³-hybridized carbons (Fsp3) is 0.588. The number of nitrogens with one attached hydrogen (secondary N) is 1. The van der Waals surface area contributed by atoms with Gasteiger partial charge in [-0.15, -0.1) is 0 Å². The van der Waals surface area contributed by atoms with Crippen molar-refractivity contribution in [3.05, 3.63) is 29.6 Å². The van der Waals surface area contributed by atoms with Crippen LogP contribution < -0.4 is 5.32 Å². The molecule has 114 valence electrons. The van der Waals surface area contributed by atoms with E-state index in [2.05, 4.69) is 5.32 Å². The molecule has 2 saturated carbocycles. The number of anilines is 1. The third-order valence-corrected chi connectivity index (χ3v) is 4.75. The number of benzene rings is 1. The average molecular weight is 291 g/mol. The van der Waals surface area contributed by atoms with Gasteiger partial charge < -0.3 is 10.1 Å². The van der Waals surface area contributed by atoms with Gasteiger partial charge in [0.05, 0.1) is 18.4 Å². The van der Waals surface area contributed by atoms with E-state index in [1.165, 1.54) is 51.0 Å². The lowest BCUT2D eigenvalue weighted by atomic mass is 9.82. The summed E-state index contributed by atoms with van der Waals surface area (Å²) in [6.07, 6.45) is 7.47. The van der Waals surface area contributed by atoms with Crippen molar-refractivity contribution in [2.75, 3.05) is 12.4 Å². The molecular formula is C17H22FNO2. The van der Waals surface area contributed by atoms with Crippen molar-refractivity contribution in [3.63, 3.8) is 0 Å². The van der Waals surface area contributed by atoms with Crippen LogP contribution in [0.15, 0.2) is 18.2 Å². The van der Waals surface area contributed by atoms with Crippen molar-refractivity contribution >= 4 is 11.7 Å². The van der Waals surface area contributed by atoms with Gasteiger partial charge >= 0.3 is 5.97 Å². The third kappa shape index (κ3) is 3.36. The van der Waals surface area contributed by atoms with Gasteiger partial charge in [-0.05, 0) is 55.7 Å². The Hall–Kier alpha value is -1.58. The molecule has 2 fully saturated rings.